The Labute approximate surface area is 199 Å². The summed E-state index contributed by atoms with van der Waals surface area (Å²) in [5, 5.41) is 8.94. The SMILES string of the molecule is O=C(O)COc1cccc2c1CCC(CC1=NC(C(c3ccccc3)c3ccccc3)=NC1)C2. The molecule has 1 aliphatic heterocycles. The van der Waals surface area contributed by atoms with Gasteiger partial charge in [0.05, 0.1) is 12.5 Å². The van der Waals surface area contributed by atoms with Gasteiger partial charge in [-0.1, -0.05) is 72.8 Å². The minimum Gasteiger partial charge on any atom is -0.482 e. The lowest BCUT2D eigenvalue weighted by molar-refractivity contribution is -0.139. The number of amidine groups is 1. The zero-order valence-electron chi connectivity index (χ0n) is 19.1. The summed E-state index contributed by atoms with van der Waals surface area (Å²) in [6.07, 6.45) is 3.82. The molecule has 1 atom stereocenters. The van der Waals surface area contributed by atoms with Crippen molar-refractivity contribution in [2.75, 3.05) is 13.2 Å². The summed E-state index contributed by atoms with van der Waals surface area (Å²) in [6, 6.07) is 26.9. The van der Waals surface area contributed by atoms with Gasteiger partial charge in [-0.05, 0) is 59.9 Å². The van der Waals surface area contributed by atoms with Gasteiger partial charge in [-0.2, -0.15) is 0 Å². The molecule has 1 aliphatic carbocycles. The van der Waals surface area contributed by atoms with E-state index in [0.29, 0.717) is 18.2 Å². The Morgan fingerprint density at radius 1 is 0.971 bits per heavy atom. The number of nitrogens with zero attached hydrogens (tertiary/aromatic N) is 2. The molecule has 172 valence electrons. The fourth-order valence-corrected chi connectivity index (χ4v) is 5.08. The number of benzene rings is 3. The lowest BCUT2D eigenvalue weighted by Gasteiger charge is -2.26. The molecule has 1 unspecified atom stereocenters. The van der Waals surface area contributed by atoms with Crippen molar-refractivity contribution in [3.8, 4) is 5.75 Å². The number of fused-ring (bicyclic) bond motifs is 1. The van der Waals surface area contributed by atoms with E-state index in [-0.39, 0.29) is 12.5 Å². The van der Waals surface area contributed by atoms with Crippen LogP contribution >= 0.6 is 0 Å². The van der Waals surface area contributed by atoms with Gasteiger partial charge in [0.25, 0.3) is 0 Å². The van der Waals surface area contributed by atoms with Gasteiger partial charge in [0.2, 0.25) is 0 Å². The molecule has 0 spiro atoms. The molecule has 5 rings (SSSR count). The number of carboxylic acids is 1. The van der Waals surface area contributed by atoms with Gasteiger partial charge in [0.15, 0.2) is 6.61 Å². The van der Waals surface area contributed by atoms with Crippen LogP contribution in [-0.2, 0) is 17.6 Å². The highest BCUT2D eigenvalue weighted by atomic mass is 16.5. The summed E-state index contributed by atoms with van der Waals surface area (Å²) in [7, 11) is 0. The molecule has 1 N–H and O–H groups in total. The van der Waals surface area contributed by atoms with E-state index in [1.54, 1.807) is 0 Å². The second-order valence-electron chi connectivity index (χ2n) is 9.00. The molecule has 2 aliphatic rings. The average Bonchev–Trinajstić information content (AvgIpc) is 3.31. The second kappa shape index (κ2) is 10.0. The summed E-state index contributed by atoms with van der Waals surface area (Å²) < 4.78 is 5.52. The van der Waals surface area contributed by atoms with Crippen LogP contribution in [0.25, 0.3) is 0 Å². The van der Waals surface area contributed by atoms with Crippen molar-refractivity contribution < 1.29 is 14.6 Å². The molecule has 3 aromatic rings. The van der Waals surface area contributed by atoms with Gasteiger partial charge < -0.3 is 9.84 Å². The smallest absolute Gasteiger partial charge is 0.341 e. The molecule has 0 radical (unpaired) electrons. The minimum atomic E-state index is -0.953. The Kier molecular flexibility index (Phi) is 6.52. The molecule has 1 heterocycles. The first-order chi connectivity index (χ1) is 16.7. The summed E-state index contributed by atoms with van der Waals surface area (Å²) in [5.41, 5.74) is 5.97. The number of aliphatic imine (C=N–C) groups is 2. The maximum Gasteiger partial charge on any atom is 0.341 e. The van der Waals surface area contributed by atoms with Crippen molar-refractivity contribution in [1.82, 2.24) is 0 Å². The molecule has 0 saturated heterocycles. The Bertz CT molecular complexity index is 1180. The summed E-state index contributed by atoms with van der Waals surface area (Å²) in [5.74, 6) is 1.19. The van der Waals surface area contributed by atoms with E-state index >= 15 is 0 Å². The summed E-state index contributed by atoms with van der Waals surface area (Å²) >= 11 is 0. The maximum atomic E-state index is 10.9. The third-order valence-electron chi connectivity index (χ3n) is 6.64. The first kappa shape index (κ1) is 22.1. The normalized spacial score (nSPS) is 17.1. The van der Waals surface area contributed by atoms with Crippen LogP contribution < -0.4 is 4.74 Å². The molecule has 5 nitrogen and oxygen atoms in total. The topological polar surface area (TPSA) is 71.2 Å². The molecular formula is C29H28N2O3. The van der Waals surface area contributed by atoms with Crippen LogP contribution in [0.4, 0.5) is 0 Å². The highest BCUT2D eigenvalue weighted by Gasteiger charge is 2.27. The third-order valence-corrected chi connectivity index (χ3v) is 6.64. The number of carboxylic acid groups (broad SMARTS) is 1. The minimum absolute atomic E-state index is 0.0425. The van der Waals surface area contributed by atoms with Gasteiger partial charge in [-0.3, -0.25) is 4.99 Å². The highest BCUT2D eigenvalue weighted by Crippen LogP contribution is 2.35. The Morgan fingerprint density at radius 3 is 2.35 bits per heavy atom. The summed E-state index contributed by atoms with van der Waals surface area (Å²) in [4.78, 5) is 20.8. The Balaban J connectivity index is 1.30. The third kappa shape index (κ3) is 4.93. The number of aliphatic carboxylic acids is 1. The molecule has 3 aromatic carbocycles. The Hall–Kier alpha value is -3.73. The van der Waals surface area contributed by atoms with Crippen LogP contribution in [0.15, 0.2) is 88.8 Å². The van der Waals surface area contributed by atoms with Gasteiger partial charge in [0.1, 0.15) is 11.6 Å². The summed E-state index contributed by atoms with van der Waals surface area (Å²) in [6.45, 7) is 0.359. The van der Waals surface area contributed by atoms with E-state index in [2.05, 4.69) is 54.6 Å². The van der Waals surface area contributed by atoms with Gasteiger partial charge >= 0.3 is 5.97 Å². The number of ether oxygens (including phenoxy) is 1. The lowest BCUT2D eigenvalue weighted by Crippen LogP contribution is -2.20. The molecule has 34 heavy (non-hydrogen) atoms. The molecular weight excluding hydrogens is 424 g/mol. The van der Waals surface area contributed by atoms with Crippen molar-refractivity contribution >= 4 is 17.5 Å². The average molecular weight is 453 g/mol. The number of hydrogen-bond acceptors (Lipinski definition) is 4. The van der Waals surface area contributed by atoms with Crippen molar-refractivity contribution in [2.24, 2.45) is 15.9 Å². The van der Waals surface area contributed by atoms with E-state index in [0.717, 1.165) is 42.8 Å². The quantitative estimate of drug-likeness (QED) is 0.502. The first-order valence-electron chi connectivity index (χ1n) is 11.8. The van der Waals surface area contributed by atoms with Crippen molar-refractivity contribution in [1.29, 1.82) is 0 Å². The van der Waals surface area contributed by atoms with Gasteiger partial charge in [0, 0.05) is 5.71 Å². The fraction of sp³-hybridized carbons (Fsp3) is 0.276. The number of rotatable bonds is 8. The maximum absolute atomic E-state index is 10.9. The number of hydrogen-bond donors (Lipinski definition) is 1. The van der Waals surface area contributed by atoms with Gasteiger partial charge in [-0.15, -0.1) is 0 Å². The predicted molar refractivity (Wildman–Crippen MR) is 134 cm³/mol. The molecule has 0 saturated carbocycles. The number of carbonyl (C=O) groups is 1. The van der Waals surface area contributed by atoms with Crippen molar-refractivity contribution in [3.05, 3.63) is 101 Å². The standard InChI is InChI=1S/C29H28N2O3/c32-27(33)19-34-26-13-7-12-23-16-20(14-15-25(23)26)17-24-18-30-29(31-24)28(21-8-3-1-4-9-21)22-10-5-2-6-11-22/h1-13,20,28H,14-19H2,(H,32,33). The highest BCUT2D eigenvalue weighted by molar-refractivity contribution is 6.07. The second-order valence-corrected chi connectivity index (χ2v) is 9.00. The van der Waals surface area contributed by atoms with Crippen LogP contribution in [0.1, 0.15) is 41.0 Å². The zero-order chi connectivity index (χ0) is 23.3. The zero-order valence-corrected chi connectivity index (χ0v) is 19.1. The van der Waals surface area contributed by atoms with Crippen LogP contribution in [-0.4, -0.2) is 35.8 Å². The monoisotopic (exact) mass is 452 g/mol. The largest absolute Gasteiger partial charge is 0.482 e. The molecule has 0 aromatic heterocycles. The van der Waals surface area contributed by atoms with E-state index in [4.69, 9.17) is 19.8 Å². The van der Waals surface area contributed by atoms with E-state index in [1.165, 1.54) is 16.7 Å². The van der Waals surface area contributed by atoms with E-state index in [9.17, 15) is 4.79 Å². The molecule has 5 heteroatoms. The van der Waals surface area contributed by atoms with Crippen LogP contribution in [0, 0.1) is 5.92 Å². The Morgan fingerprint density at radius 2 is 1.68 bits per heavy atom. The van der Waals surface area contributed by atoms with Crippen LogP contribution in [0.5, 0.6) is 5.75 Å². The molecule has 0 fully saturated rings. The molecule has 0 bridgehead atoms. The lowest BCUT2D eigenvalue weighted by atomic mass is 9.81. The van der Waals surface area contributed by atoms with E-state index < -0.39 is 5.97 Å². The van der Waals surface area contributed by atoms with Crippen LogP contribution in [0.3, 0.4) is 0 Å². The predicted octanol–water partition coefficient (Wildman–Crippen LogP) is 5.33. The van der Waals surface area contributed by atoms with Crippen molar-refractivity contribution in [3.63, 3.8) is 0 Å². The van der Waals surface area contributed by atoms with Crippen LogP contribution in [0.2, 0.25) is 0 Å². The molecule has 0 amide bonds. The fourth-order valence-electron chi connectivity index (χ4n) is 5.08. The van der Waals surface area contributed by atoms with E-state index in [1.807, 2.05) is 24.3 Å². The van der Waals surface area contributed by atoms with Crippen molar-refractivity contribution in [2.45, 2.75) is 31.6 Å². The van der Waals surface area contributed by atoms with Gasteiger partial charge in [-0.25, -0.2) is 9.79 Å². The first-order valence-corrected chi connectivity index (χ1v) is 11.8.